The summed E-state index contributed by atoms with van der Waals surface area (Å²) >= 11 is 0. The molecule has 0 spiro atoms. The Bertz CT molecular complexity index is 945. The van der Waals surface area contributed by atoms with Crippen LogP contribution in [0.1, 0.15) is 30.0 Å². The van der Waals surface area contributed by atoms with E-state index in [1.54, 1.807) is 0 Å². The van der Waals surface area contributed by atoms with Crippen LogP contribution in [0.4, 0.5) is 0 Å². The second-order valence-corrected chi connectivity index (χ2v) is 7.17. The molecule has 3 aromatic rings. The van der Waals surface area contributed by atoms with E-state index in [4.69, 9.17) is 10.2 Å². The normalized spacial score (nSPS) is 11.1. The number of rotatable bonds is 8. The molecule has 5 nitrogen and oxygen atoms in total. The van der Waals surface area contributed by atoms with Crippen LogP contribution in [-0.2, 0) is 17.8 Å². The lowest BCUT2D eigenvalue weighted by molar-refractivity contribution is -0.137. The molecule has 1 N–H and O–H groups in total. The minimum absolute atomic E-state index is 0.128. The molecule has 28 heavy (non-hydrogen) atoms. The number of hydrogen-bond donors (Lipinski definition) is 1. The van der Waals surface area contributed by atoms with E-state index >= 15 is 0 Å². The standard InChI is InChI=1S/C23H27N3O2/c1-4-18-9-11-19(12-10-18)23-20(15-25(3)14-13-22(27)28)16-26(24-23)21-8-6-5-7-17(21)2/h5-12,16H,4,13-15H2,1-3H3,(H,27,28). The number of aliphatic carboxylic acids is 1. The fourth-order valence-corrected chi connectivity index (χ4v) is 3.27. The maximum absolute atomic E-state index is 10.9. The number of aryl methyl sites for hydroxylation is 2. The number of para-hydroxylation sites is 1. The van der Waals surface area contributed by atoms with Crippen LogP contribution < -0.4 is 0 Å². The molecule has 146 valence electrons. The van der Waals surface area contributed by atoms with Gasteiger partial charge in [-0.3, -0.25) is 4.79 Å². The Morgan fingerprint density at radius 3 is 2.50 bits per heavy atom. The first kappa shape index (κ1) is 19.8. The first-order valence-corrected chi connectivity index (χ1v) is 9.62. The topological polar surface area (TPSA) is 58.4 Å². The van der Waals surface area contributed by atoms with Crippen molar-refractivity contribution in [3.05, 3.63) is 71.4 Å². The minimum atomic E-state index is -0.780. The Balaban J connectivity index is 1.97. The number of hydrogen-bond acceptors (Lipinski definition) is 3. The summed E-state index contributed by atoms with van der Waals surface area (Å²) in [6.07, 6.45) is 3.19. The van der Waals surface area contributed by atoms with E-state index in [0.717, 1.165) is 34.5 Å². The third kappa shape index (κ3) is 4.67. The lowest BCUT2D eigenvalue weighted by Gasteiger charge is -2.15. The van der Waals surface area contributed by atoms with E-state index in [-0.39, 0.29) is 6.42 Å². The molecular weight excluding hydrogens is 350 g/mol. The molecule has 0 unspecified atom stereocenters. The van der Waals surface area contributed by atoms with Gasteiger partial charge in [0, 0.05) is 30.4 Å². The van der Waals surface area contributed by atoms with Crippen molar-refractivity contribution >= 4 is 5.97 Å². The van der Waals surface area contributed by atoms with Gasteiger partial charge in [0.1, 0.15) is 0 Å². The predicted octanol–water partition coefficient (Wildman–Crippen LogP) is 4.32. The summed E-state index contributed by atoms with van der Waals surface area (Å²) in [4.78, 5) is 12.9. The van der Waals surface area contributed by atoms with Gasteiger partial charge in [-0.25, -0.2) is 4.68 Å². The van der Waals surface area contributed by atoms with Crippen LogP contribution >= 0.6 is 0 Å². The van der Waals surface area contributed by atoms with Crippen LogP contribution in [0.5, 0.6) is 0 Å². The first-order chi connectivity index (χ1) is 13.5. The monoisotopic (exact) mass is 377 g/mol. The van der Waals surface area contributed by atoms with E-state index in [0.29, 0.717) is 13.1 Å². The molecule has 0 amide bonds. The SMILES string of the molecule is CCc1ccc(-c2nn(-c3ccccc3C)cc2CN(C)CCC(=O)O)cc1. The molecule has 5 heteroatoms. The smallest absolute Gasteiger partial charge is 0.304 e. The van der Waals surface area contributed by atoms with Crippen LogP contribution in [0.25, 0.3) is 16.9 Å². The molecular formula is C23H27N3O2. The highest BCUT2D eigenvalue weighted by Gasteiger charge is 2.15. The van der Waals surface area contributed by atoms with Crippen molar-refractivity contribution < 1.29 is 9.90 Å². The van der Waals surface area contributed by atoms with Crippen molar-refractivity contribution in [1.29, 1.82) is 0 Å². The number of benzene rings is 2. The van der Waals surface area contributed by atoms with E-state index in [1.807, 2.05) is 28.8 Å². The lowest BCUT2D eigenvalue weighted by atomic mass is 10.0. The fraction of sp³-hybridized carbons (Fsp3) is 0.304. The average molecular weight is 377 g/mol. The third-order valence-corrected chi connectivity index (χ3v) is 4.94. The summed E-state index contributed by atoms with van der Waals surface area (Å²) in [5.74, 6) is -0.780. The Kier molecular flexibility index (Phi) is 6.26. The van der Waals surface area contributed by atoms with Crippen molar-refractivity contribution in [1.82, 2.24) is 14.7 Å². The molecule has 0 radical (unpaired) electrons. The van der Waals surface area contributed by atoms with Crippen molar-refractivity contribution in [2.45, 2.75) is 33.2 Å². The average Bonchev–Trinajstić information content (AvgIpc) is 3.10. The van der Waals surface area contributed by atoms with Crippen LogP contribution in [-0.4, -0.2) is 39.3 Å². The molecule has 0 bridgehead atoms. The molecule has 2 aromatic carbocycles. The summed E-state index contributed by atoms with van der Waals surface area (Å²) in [6, 6.07) is 16.7. The van der Waals surface area contributed by atoms with Crippen LogP contribution in [0.2, 0.25) is 0 Å². The van der Waals surface area contributed by atoms with Crippen LogP contribution in [0.15, 0.2) is 54.7 Å². The Hall–Kier alpha value is -2.92. The molecule has 0 aliphatic rings. The highest BCUT2D eigenvalue weighted by molar-refractivity contribution is 5.67. The number of aromatic nitrogens is 2. The van der Waals surface area contributed by atoms with Gasteiger partial charge < -0.3 is 10.0 Å². The highest BCUT2D eigenvalue weighted by atomic mass is 16.4. The molecule has 0 atom stereocenters. The third-order valence-electron chi connectivity index (χ3n) is 4.94. The number of nitrogens with zero attached hydrogens (tertiary/aromatic N) is 3. The lowest BCUT2D eigenvalue weighted by Crippen LogP contribution is -2.21. The van der Waals surface area contributed by atoms with Crippen LogP contribution in [0, 0.1) is 6.92 Å². The minimum Gasteiger partial charge on any atom is -0.481 e. The van der Waals surface area contributed by atoms with E-state index < -0.39 is 5.97 Å². The summed E-state index contributed by atoms with van der Waals surface area (Å²) < 4.78 is 1.93. The molecule has 0 aliphatic carbocycles. The van der Waals surface area contributed by atoms with E-state index in [1.165, 1.54) is 5.56 Å². The van der Waals surface area contributed by atoms with Gasteiger partial charge in [0.25, 0.3) is 0 Å². The van der Waals surface area contributed by atoms with Gasteiger partial charge in [-0.05, 0) is 37.6 Å². The van der Waals surface area contributed by atoms with Gasteiger partial charge in [-0.2, -0.15) is 5.10 Å². The summed E-state index contributed by atoms with van der Waals surface area (Å²) in [5, 5.41) is 13.8. The van der Waals surface area contributed by atoms with Crippen molar-refractivity contribution in [3.8, 4) is 16.9 Å². The van der Waals surface area contributed by atoms with Crippen molar-refractivity contribution in [2.24, 2.45) is 0 Å². The fourth-order valence-electron chi connectivity index (χ4n) is 3.27. The zero-order chi connectivity index (χ0) is 20.1. The van der Waals surface area contributed by atoms with E-state index in [9.17, 15) is 4.79 Å². The molecule has 3 rings (SSSR count). The molecule has 0 saturated carbocycles. The maximum Gasteiger partial charge on any atom is 0.304 e. The molecule has 1 aromatic heterocycles. The van der Waals surface area contributed by atoms with Gasteiger partial charge in [0.15, 0.2) is 0 Å². The van der Waals surface area contributed by atoms with E-state index in [2.05, 4.69) is 56.4 Å². The Labute approximate surface area is 166 Å². The number of carbonyl (C=O) groups is 1. The Morgan fingerprint density at radius 1 is 1.14 bits per heavy atom. The molecule has 0 aliphatic heterocycles. The van der Waals surface area contributed by atoms with Crippen molar-refractivity contribution in [2.75, 3.05) is 13.6 Å². The summed E-state index contributed by atoms with van der Waals surface area (Å²) in [5.41, 5.74) is 6.60. The second kappa shape index (κ2) is 8.85. The Morgan fingerprint density at radius 2 is 1.86 bits per heavy atom. The molecule has 0 fully saturated rings. The number of carboxylic acids is 1. The zero-order valence-electron chi connectivity index (χ0n) is 16.7. The quantitative estimate of drug-likeness (QED) is 0.635. The van der Waals surface area contributed by atoms with Gasteiger partial charge >= 0.3 is 5.97 Å². The number of carboxylic acid groups (broad SMARTS) is 1. The van der Waals surface area contributed by atoms with Crippen LogP contribution in [0.3, 0.4) is 0 Å². The zero-order valence-corrected chi connectivity index (χ0v) is 16.7. The second-order valence-electron chi connectivity index (χ2n) is 7.17. The molecule has 1 heterocycles. The largest absolute Gasteiger partial charge is 0.481 e. The maximum atomic E-state index is 10.9. The van der Waals surface area contributed by atoms with Gasteiger partial charge in [-0.15, -0.1) is 0 Å². The summed E-state index contributed by atoms with van der Waals surface area (Å²) in [7, 11) is 1.94. The summed E-state index contributed by atoms with van der Waals surface area (Å²) in [6.45, 7) is 5.36. The van der Waals surface area contributed by atoms with Gasteiger partial charge in [0.2, 0.25) is 0 Å². The van der Waals surface area contributed by atoms with Gasteiger partial charge in [-0.1, -0.05) is 49.4 Å². The predicted molar refractivity (Wildman–Crippen MR) is 112 cm³/mol. The van der Waals surface area contributed by atoms with Gasteiger partial charge in [0.05, 0.1) is 17.8 Å². The van der Waals surface area contributed by atoms with Crippen molar-refractivity contribution in [3.63, 3.8) is 0 Å². The highest BCUT2D eigenvalue weighted by Crippen LogP contribution is 2.26. The first-order valence-electron chi connectivity index (χ1n) is 9.62. The molecule has 0 saturated heterocycles.